The molecule has 0 saturated carbocycles. The summed E-state index contributed by atoms with van der Waals surface area (Å²) in [6.07, 6.45) is 0. The number of hydrogen-bond acceptors (Lipinski definition) is 4. The maximum atomic E-state index is 13.9. The van der Waals surface area contributed by atoms with Crippen LogP contribution in [0.1, 0.15) is 31.9 Å². The summed E-state index contributed by atoms with van der Waals surface area (Å²) in [5.41, 5.74) is 2.22. The molecule has 0 bridgehead atoms. The minimum atomic E-state index is -4.06. The van der Waals surface area contributed by atoms with E-state index in [1.807, 2.05) is 67.6 Å². The van der Waals surface area contributed by atoms with Crippen molar-refractivity contribution in [2.75, 3.05) is 0 Å². The predicted octanol–water partition coefficient (Wildman–Crippen LogP) is 8.09. The number of rotatable bonds is 6. The molecular formula is C27H27O4P. The van der Waals surface area contributed by atoms with Crippen LogP contribution in [0.2, 0.25) is 0 Å². The van der Waals surface area contributed by atoms with E-state index in [9.17, 15) is 4.57 Å². The number of phosphoric ester groups is 1. The van der Waals surface area contributed by atoms with E-state index >= 15 is 0 Å². The van der Waals surface area contributed by atoms with E-state index in [1.165, 1.54) is 0 Å². The molecule has 1 unspecified atom stereocenters. The second-order valence-electron chi connectivity index (χ2n) is 8.79. The summed E-state index contributed by atoms with van der Waals surface area (Å²) in [5.74, 6) is 1.25. The fourth-order valence-corrected chi connectivity index (χ4v) is 4.60. The lowest BCUT2D eigenvalue weighted by Gasteiger charge is -2.22. The van der Waals surface area contributed by atoms with Crippen LogP contribution in [-0.4, -0.2) is 0 Å². The SMILES string of the molecule is Cc1ccc(OP(=O)(Oc2ccc(C(C)(C)C)cc2)Oc2cccc3ccccc23)cc1. The van der Waals surface area contributed by atoms with Crippen LogP contribution in [-0.2, 0) is 9.98 Å². The average Bonchev–Trinajstić information content (AvgIpc) is 2.75. The smallest absolute Gasteiger partial charge is 0.386 e. The Morgan fingerprint density at radius 1 is 0.656 bits per heavy atom. The highest BCUT2D eigenvalue weighted by atomic mass is 31.2. The standard InChI is InChI=1S/C27H27O4P/c1-20-12-16-23(17-13-20)29-32(28,30-24-18-14-22(15-19-24)27(2,3)4)31-26-11-7-9-21-8-5-6-10-25(21)26/h5-19H,1-4H3. The third kappa shape index (κ3) is 5.15. The van der Waals surface area contributed by atoms with Crippen LogP contribution in [0, 0.1) is 6.92 Å². The van der Waals surface area contributed by atoms with Gasteiger partial charge in [0.25, 0.3) is 0 Å². The Morgan fingerprint density at radius 3 is 1.84 bits per heavy atom. The van der Waals surface area contributed by atoms with E-state index in [4.69, 9.17) is 13.6 Å². The molecule has 0 saturated heterocycles. The number of benzene rings is 4. The second kappa shape index (κ2) is 8.72. The zero-order chi connectivity index (χ0) is 22.8. The minimum absolute atomic E-state index is 0.0000781. The highest BCUT2D eigenvalue weighted by Crippen LogP contribution is 2.51. The van der Waals surface area contributed by atoms with Crippen LogP contribution in [0.25, 0.3) is 10.8 Å². The van der Waals surface area contributed by atoms with Crippen molar-refractivity contribution in [3.63, 3.8) is 0 Å². The van der Waals surface area contributed by atoms with Gasteiger partial charge in [0.1, 0.15) is 17.2 Å². The van der Waals surface area contributed by atoms with Gasteiger partial charge in [0.05, 0.1) is 0 Å². The molecule has 1 atom stereocenters. The lowest BCUT2D eigenvalue weighted by Crippen LogP contribution is -2.11. The molecule has 4 nitrogen and oxygen atoms in total. The van der Waals surface area contributed by atoms with Gasteiger partial charge < -0.3 is 13.6 Å². The van der Waals surface area contributed by atoms with Gasteiger partial charge >= 0.3 is 7.82 Å². The summed E-state index contributed by atoms with van der Waals surface area (Å²) >= 11 is 0. The Labute approximate surface area is 189 Å². The topological polar surface area (TPSA) is 44.8 Å². The lowest BCUT2D eigenvalue weighted by molar-refractivity contribution is 0.299. The summed E-state index contributed by atoms with van der Waals surface area (Å²) in [7, 11) is -4.06. The lowest BCUT2D eigenvalue weighted by atomic mass is 9.87. The molecule has 0 aliphatic rings. The van der Waals surface area contributed by atoms with E-state index in [1.54, 1.807) is 30.3 Å². The minimum Gasteiger partial charge on any atom is -0.386 e. The van der Waals surface area contributed by atoms with Crippen molar-refractivity contribution in [1.29, 1.82) is 0 Å². The number of aryl methyl sites for hydroxylation is 1. The van der Waals surface area contributed by atoms with Gasteiger partial charge in [-0.2, -0.15) is 4.57 Å². The third-order valence-corrected chi connectivity index (χ3v) is 6.42. The van der Waals surface area contributed by atoms with Crippen molar-refractivity contribution in [2.45, 2.75) is 33.1 Å². The Balaban J connectivity index is 1.69. The molecule has 0 aliphatic heterocycles. The van der Waals surface area contributed by atoms with E-state index in [-0.39, 0.29) is 5.41 Å². The van der Waals surface area contributed by atoms with Crippen molar-refractivity contribution >= 4 is 18.6 Å². The Hall–Kier alpha value is -3.23. The molecule has 4 rings (SSSR count). The first kappa shape index (κ1) is 22.0. The monoisotopic (exact) mass is 446 g/mol. The zero-order valence-corrected chi connectivity index (χ0v) is 19.6. The molecule has 5 heteroatoms. The van der Waals surface area contributed by atoms with Crippen LogP contribution >= 0.6 is 7.82 Å². The van der Waals surface area contributed by atoms with Crippen LogP contribution in [0.4, 0.5) is 0 Å². The van der Waals surface area contributed by atoms with Crippen molar-refractivity contribution < 1.29 is 18.1 Å². The van der Waals surface area contributed by atoms with Gasteiger partial charge in [-0.15, -0.1) is 0 Å². The Bertz CT molecular complexity index is 1250. The van der Waals surface area contributed by atoms with Crippen LogP contribution in [0.15, 0.2) is 91.0 Å². The molecule has 0 radical (unpaired) electrons. The van der Waals surface area contributed by atoms with E-state index in [0.717, 1.165) is 21.9 Å². The van der Waals surface area contributed by atoms with Gasteiger partial charge in [-0.05, 0) is 53.6 Å². The van der Waals surface area contributed by atoms with Crippen molar-refractivity contribution in [3.05, 3.63) is 102 Å². The fraction of sp³-hybridized carbons (Fsp3) is 0.185. The van der Waals surface area contributed by atoms with Crippen LogP contribution in [0.3, 0.4) is 0 Å². The molecule has 0 heterocycles. The van der Waals surface area contributed by atoms with Crippen molar-refractivity contribution in [3.8, 4) is 17.2 Å². The van der Waals surface area contributed by atoms with Gasteiger partial charge in [-0.3, -0.25) is 0 Å². The first-order chi connectivity index (χ1) is 15.2. The predicted molar refractivity (Wildman–Crippen MR) is 130 cm³/mol. The van der Waals surface area contributed by atoms with Gasteiger partial charge in [-0.25, -0.2) is 0 Å². The van der Waals surface area contributed by atoms with E-state index in [0.29, 0.717) is 17.2 Å². The first-order valence-corrected chi connectivity index (χ1v) is 12.0. The largest absolute Gasteiger partial charge is 0.647 e. The van der Waals surface area contributed by atoms with Gasteiger partial charge in [0.15, 0.2) is 0 Å². The van der Waals surface area contributed by atoms with E-state index in [2.05, 4.69) is 20.8 Å². The average molecular weight is 446 g/mol. The third-order valence-electron chi connectivity index (χ3n) is 5.14. The summed E-state index contributed by atoms with van der Waals surface area (Å²) in [5, 5.41) is 1.80. The summed E-state index contributed by atoms with van der Waals surface area (Å²) in [6, 6.07) is 28.1. The maximum Gasteiger partial charge on any atom is 0.647 e. The molecule has 32 heavy (non-hydrogen) atoms. The molecule has 164 valence electrons. The van der Waals surface area contributed by atoms with Gasteiger partial charge in [0, 0.05) is 5.39 Å². The van der Waals surface area contributed by atoms with Gasteiger partial charge in [0.2, 0.25) is 0 Å². The summed E-state index contributed by atoms with van der Waals surface area (Å²) in [4.78, 5) is 0. The molecule has 0 aromatic heterocycles. The molecule has 0 N–H and O–H groups in total. The molecule has 4 aromatic rings. The molecule has 4 aromatic carbocycles. The number of fused-ring (bicyclic) bond motifs is 1. The number of phosphoric acid groups is 1. The molecular weight excluding hydrogens is 419 g/mol. The zero-order valence-electron chi connectivity index (χ0n) is 18.7. The molecule has 0 aliphatic carbocycles. The van der Waals surface area contributed by atoms with Crippen molar-refractivity contribution in [2.24, 2.45) is 0 Å². The molecule has 0 fully saturated rings. The van der Waals surface area contributed by atoms with Gasteiger partial charge in [-0.1, -0.05) is 87.0 Å². The normalized spacial score (nSPS) is 13.4. The Kier molecular flexibility index (Phi) is 5.99. The molecule has 0 spiro atoms. The number of hydrogen-bond donors (Lipinski definition) is 0. The van der Waals surface area contributed by atoms with Crippen molar-refractivity contribution in [1.82, 2.24) is 0 Å². The molecule has 0 amide bonds. The quantitative estimate of drug-likeness (QED) is 0.281. The maximum absolute atomic E-state index is 13.9. The fourth-order valence-electron chi connectivity index (χ4n) is 3.32. The first-order valence-electron chi connectivity index (χ1n) is 10.6. The van der Waals surface area contributed by atoms with Crippen LogP contribution in [0.5, 0.6) is 17.2 Å². The highest BCUT2D eigenvalue weighted by Gasteiger charge is 2.34. The summed E-state index contributed by atoms with van der Waals surface area (Å²) < 4.78 is 31.5. The Morgan fingerprint density at radius 2 is 1.22 bits per heavy atom. The highest BCUT2D eigenvalue weighted by molar-refractivity contribution is 7.49. The second-order valence-corrected chi connectivity index (χ2v) is 10.2. The summed E-state index contributed by atoms with van der Waals surface area (Å²) in [6.45, 7) is 8.39. The van der Waals surface area contributed by atoms with Crippen LogP contribution < -0.4 is 13.6 Å². The van der Waals surface area contributed by atoms with E-state index < -0.39 is 7.82 Å².